The van der Waals surface area contributed by atoms with Gasteiger partial charge in [-0.25, -0.2) is 9.59 Å². The third-order valence-electron chi connectivity index (χ3n) is 2.55. The summed E-state index contributed by atoms with van der Waals surface area (Å²) >= 11 is 1.32. The summed E-state index contributed by atoms with van der Waals surface area (Å²) < 4.78 is 0. The van der Waals surface area contributed by atoms with Crippen molar-refractivity contribution in [2.75, 3.05) is 0 Å². The zero-order chi connectivity index (χ0) is 11.9. The largest absolute Gasteiger partial charge is 0.480 e. The number of rotatable bonds is 3. The van der Waals surface area contributed by atoms with E-state index < -0.39 is 23.2 Å². The second-order valence-electron chi connectivity index (χ2n) is 3.54. The summed E-state index contributed by atoms with van der Waals surface area (Å²) in [6.07, 6.45) is 2.59. The fraction of sp³-hybridized carbons (Fsp3) is 0.444. The highest BCUT2D eigenvalue weighted by Crippen LogP contribution is 2.44. The first-order valence-electron chi connectivity index (χ1n) is 4.61. The molecule has 0 aromatic rings. The number of aliphatic carboxylic acids is 2. The topological polar surface area (TPSA) is 94.9 Å². The van der Waals surface area contributed by atoms with E-state index in [0.717, 1.165) is 6.08 Å². The Balaban J connectivity index is 2.17. The van der Waals surface area contributed by atoms with Crippen LogP contribution in [0.15, 0.2) is 12.2 Å². The molecule has 16 heavy (non-hydrogen) atoms. The van der Waals surface area contributed by atoms with Gasteiger partial charge in [-0.05, 0) is 0 Å². The number of hydrogen-bond acceptors (Lipinski definition) is 4. The van der Waals surface area contributed by atoms with Crippen molar-refractivity contribution in [1.82, 2.24) is 4.90 Å². The number of carbonyl (C=O) groups excluding carboxylic acids is 1. The minimum Gasteiger partial charge on any atom is -0.480 e. The molecule has 2 aliphatic rings. The standard InChI is InChI=1S/C9H9NO5S/c11-5-3-6-10(5)8(9(14)15)4(16-6)1-2-7(12)13/h1-2,4,6,8H,3H2,(H,12,13)(H,14,15)/t4?,6-,8?/m1/s1. The van der Waals surface area contributed by atoms with Gasteiger partial charge in [-0.2, -0.15) is 0 Å². The molecule has 2 fully saturated rings. The average Bonchev–Trinajstić information content (AvgIpc) is 2.47. The molecule has 2 rings (SSSR count). The van der Waals surface area contributed by atoms with Gasteiger partial charge in [-0.15, -0.1) is 11.8 Å². The molecule has 6 nitrogen and oxygen atoms in total. The Labute approximate surface area is 94.9 Å². The number of amides is 1. The molecule has 7 heteroatoms. The highest BCUT2D eigenvalue weighted by molar-refractivity contribution is 8.01. The first-order chi connectivity index (χ1) is 7.50. The first-order valence-corrected chi connectivity index (χ1v) is 5.55. The van der Waals surface area contributed by atoms with E-state index in [2.05, 4.69) is 0 Å². The van der Waals surface area contributed by atoms with Crippen LogP contribution in [0.4, 0.5) is 0 Å². The Morgan fingerprint density at radius 2 is 2.12 bits per heavy atom. The van der Waals surface area contributed by atoms with Crippen LogP contribution >= 0.6 is 11.8 Å². The van der Waals surface area contributed by atoms with Gasteiger partial charge in [0.25, 0.3) is 0 Å². The highest BCUT2D eigenvalue weighted by atomic mass is 32.2. The van der Waals surface area contributed by atoms with Crippen LogP contribution in [0.1, 0.15) is 6.42 Å². The highest BCUT2D eigenvalue weighted by Gasteiger charge is 2.53. The lowest BCUT2D eigenvalue weighted by Gasteiger charge is -2.35. The molecule has 2 heterocycles. The SMILES string of the molecule is O=C(O)C=CC1S[C@@H]2CC(=O)N2C1C(=O)O. The summed E-state index contributed by atoms with van der Waals surface area (Å²) in [4.78, 5) is 33.9. The maximum atomic E-state index is 11.2. The molecule has 0 aromatic heterocycles. The smallest absolute Gasteiger partial charge is 0.328 e. The minimum absolute atomic E-state index is 0.114. The summed E-state index contributed by atoms with van der Waals surface area (Å²) in [7, 11) is 0. The molecule has 0 aliphatic carbocycles. The summed E-state index contributed by atoms with van der Waals surface area (Å²) in [5.74, 6) is -2.40. The lowest BCUT2D eigenvalue weighted by Crippen LogP contribution is -2.55. The molecular weight excluding hydrogens is 234 g/mol. The van der Waals surface area contributed by atoms with E-state index in [1.54, 1.807) is 0 Å². The molecule has 3 atom stereocenters. The molecule has 1 amide bonds. The lowest BCUT2D eigenvalue weighted by molar-refractivity contribution is -0.155. The van der Waals surface area contributed by atoms with E-state index in [4.69, 9.17) is 10.2 Å². The van der Waals surface area contributed by atoms with Crippen LogP contribution in [0.3, 0.4) is 0 Å². The molecule has 2 unspecified atom stereocenters. The first kappa shape index (κ1) is 11.0. The second-order valence-corrected chi connectivity index (χ2v) is 4.90. The van der Waals surface area contributed by atoms with Crippen molar-refractivity contribution in [3.05, 3.63) is 12.2 Å². The number of thioether (sulfide) groups is 1. The maximum absolute atomic E-state index is 11.2. The molecule has 0 spiro atoms. The van der Waals surface area contributed by atoms with Gasteiger partial charge in [0.1, 0.15) is 6.04 Å². The quantitative estimate of drug-likeness (QED) is 0.524. The fourth-order valence-corrected chi connectivity index (χ4v) is 3.40. The molecule has 86 valence electrons. The second kappa shape index (κ2) is 3.82. The summed E-state index contributed by atoms with van der Waals surface area (Å²) in [5.41, 5.74) is 0. The van der Waals surface area contributed by atoms with E-state index in [0.29, 0.717) is 6.42 Å². The Kier molecular flexibility index (Phi) is 2.63. The third-order valence-corrected chi connectivity index (χ3v) is 3.99. The van der Waals surface area contributed by atoms with Crippen LogP contribution in [0.5, 0.6) is 0 Å². The van der Waals surface area contributed by atoms with E-state index in [-0.39, 0.29) is 11.3 Å². The predicted octanol–water partition coefficient (Wildman–Crippen LogP) is -0.246. The zero-order valence-corrected chi connectivity index (χ0v) is 8.88. The van der Waals surface area contributed by atoms with Gasteiger partial charge in [-0.1, -0.05) is 6.08 Å². The van der Waals surface area contributed by atoms with Crippen LogP contribution in [0.25, 0.3) is 0 Å². The number of carboxylic acid groups (broad SMARTS) is 2. The van der Waals surface area contributed by atoms with Crippen LogP contribution in [-0.4, -0.2) is 49.6 Å². The summed E-state index contributed by atoms with van der Waals surface area (Å²) in [6.45, 7) is 0. The number of β-lactam (4-membered cyclic amide) rings is 1. The molecule has 0 aromatic carbocycles. The number of hydrogen-bond donors (Lipinski definition) is 2. The summed E-state index contributed by atoms with van der Waals surface area (Å²) in [5, 5.41) is 16.9. The predicted molar refractivity (Wildman–Crippen MR) is 54.8 cm³/mol. The van der Waals surface area contributed by atoms with Gasteiger partial charge >= 0.3 is 11.9 Å². The molecular formula is C9H9NO5S. The normalized spacial score (nSPS) is 32.6. The van der Waals surface area contributed by atoms with E-state index in [1.807, 2.05) is 0 Å². The van der Waals surface area contributed by atoms with Crippen LogP contribution < -0.4 is 0 Å². The number of carbonyl (C=O) groups is 3. The lowest BCUT2D eigenvalue weighted by atomic mass is 10.1. The fourth-order valence-electron chi connectivity index (χ4n) is 1.85. The monoisotopic (exact) mass is 243 g/mol. The van der Waals surface area contributed by atoms with Crippen molar-refractivity contribution in [3.63, 3.8) is 0 Å². The molecule has 0 radical (unpaired) electrons. The average molecular weight is 243 g/mol. The van der Waals surface area contributed by atoms with Gasteiger partial charge in [0.2, 0.25) is 5.91 Å². The van der Waals surface area contributed by atoms with Crippen molar-refractivity contribution in [2.45, 2.75) is 23.1 Å². The molecule has 0 bridgehead atoms. The Morgan fingerprint density at radius 3 is 2.62 bits per heavy atom. The Bertz CT molecular complexity index is 393. The van der Waals surface area contributed by atoms with Crippen LogP contribution in [-0.2, 0) is 14.4 Å². The van der Waals surface area contributed by atoms with Gasteiger partial charge in [0, 0.05) is 6.08 Å². The number of fused-ring (bicyclic) bond motifs is 1. The van der Waals surface area contributed by atoms with E-state index in [1.165, 1.54) is 22.7 Å². The zero-order valence-electron chi connectivity index (χ0n) is 8.07. The van der Waals surface area contributed by atoms with Crippen LogP contribution in [0.2, 0.25) is 0 Å². The van der Waals surface area contributed by atoms with E-state index >= 15 is 0 Å². The van der Waals surface area contributed by atoms with Gasteiger partial charge in [0.15, 0.2) is 0 Å². The van der Waals surface area contributed by atoms with Crippen molar-refractivity contribution in [3.8, 4) is 0 Å². The van der Waals surface area contributed by atoms with Gasteiger partial charge in [0.05, 0.1) is 17.0 Å². The minimum atomic E-state index is -1.12. The number of carboxylic acids is 2. The van der Waals surface area contributed by atoms with Crippen molar-refractivity contribution < 1.29 is 24.6 Å². The van der Waals surface area contributed by atoms with Gasteiger partial charge < -0.3 is 15.1 Å². The number of nitrogens with zero attached hydrogens (tertiary/aromatic N) is 1. The Hall–Kier alpha value is -1.50. The molecule has 2 aliphatic heterocycles. The van der Waals surface area contributed by atoms with Crippen LogP contribution in [0, 0.1) is 0 Å². The van der Waals surface area contributed by atoms with Crippen molar-refractivity contribution in [1.29, 1.82) is 0 Å². The third kappa shape index (κ3) is 1.67. The molecule has 2 saturated heterocycles. The van der Waals surface area contributed by atoms with Gasteiger partial charge in [-0.3, -0.25) is 4.79 Å². The maximum Gasteiger partial charge on any atom is 0.328 e. The Morgan fingerprint density at radius 1 is 1.44 bits per heavy atom. The molecule has 2 N–H and O–H groups in total. The molecule has 0 saturated carbocycles. The summed E-state index contributed by atoms with van der Waals surface area (Å²) in [6, 6.07) is -0.938. The van der Waals surface area contributed by atoms with Crippen molar-refractivity contribution in [2.24, 2.45) is 0 Å². The van der Waals surface area contributed by atoms with Crippen molar-refractivity contribution >= 4 is 29.6 Å². The van der Waals surface area contributed by atoms with E-state index in [9.17, 15) is 14.4 Å².